The van der Waals surface area contributed by atoms with Crippen LogP contribution in [0.4, 0.5) is 5.69 Å². The van der Waals surface area contributed by atoms with Crippen LogP contribution in [0.25, 0.3) is 0 Å². The van der Waals surface area contributed by atoms with Gasteiger partial charge in [0.15, 0.2) is 6.61 Å². The van der Waals surface area contributed by atoms with Crippen LogP contribution in [0.5, 0.6) is 5.75 Å². The fourth-order valence-corrected chi connectivity index (χ4v) is 2.75. The van der Waals surface area contributed by atoms with Crippen LogP contribution in [0, 0.1) is 6.92 Å². The van der Waals surface area contributed by atoms with Crippen molar-refractivity contribution in [3.8, 4) is 5.75 Å². The zero-order chi connectivity index (χ0) is 18.9. The van der Waals surface area contributed by atoms with Crippen LogP contribution in [0.15, 0.2) is 46.9 Å². The van der Waals surface area contributed by atoms with E-state index in [1.165, 1.54) is 0 Å². The topological polar surface area (TPSA) is 64.6 Å². The highest BCUT2D eigenvalue weighted by Crippen LogP contribution is 2.25. The van der Waals surface area contributed by atoms with Crippen molar-refractivity contribution in [2.24, 2.45) is 0 Å². The van der Waals surface area contributed by atoms with Crippen molar-refractivity contribution < 1.29 is 19.1 Å². The lowest BCUT2D eigenvalue weighted by molar-refractivity contribution is -0.118. The molecule has 5 nitrogen and oxygen atoms in total. The molecule has 6 heteroatoms. The first-order valence-electron chi connectivity index (χ1n) is 8.45. The Bertz CT molecular complexity index is 759. The monoisotopic (exact) mass is 419 g/mol. The number of halogens is 1. The molecule has 0 aromatic heterocycles. The van der Waals surface area contributed by atoms with E-state index in [2.05, 4.69) is 21.2 Å². The molecule has 1 N–H and O–H groups in total. The van der Waals surface area contributed by atoms with E-state index in [0.29, 0.717) is 23.6 Å². The van der Waals surface area contributed by atoms with Gasteiger partial charge in [0.2, 0.25) is 0 Å². The lowest BCUT2D eigenvalue weighted by atomic mass is 10.2. The first kappa shape index (κ1) is 20.0. The number of esters is 1. The molecule has 0 heterocycles. The average Bonchev–Trinajstić information content (AvgIpc) is 2.61. The molecule has 0 spiro atoms. The van der Waals surface area contributed by atoms with Crippen LogP contribution >= 0.6 is 15.9 Å². The van der Waals surface area contributed by atoms with Gasteiger partial charge in [0.1, 0.15) is 5.75 Å². The molecule has 0 aliphatic carbocycles. The van der Waals surface area contributed by atoms with E-state index in [1.807, 2.05) is 32.0 Å². The van der Waals surface area contributed by atoms with Crippen LogP contribution in [0.2, 0.25) is 0 Å². The van der Waals surface area contributed by atoms with Crippen molar-refractivity contribution in [1.82, 2.24) is 0 Å². The maximum atomic E-state index is 12.0. The Morgan fingerprint density at radius 2 is 1.85 bits per heavy atom. The molecule has 2 rings (SSSR count). The molecular formula is C20H22BrNO4. The van der Waals surface area contributed by atoms with Gasteiger partial charge in [-0.05, 0) is 71.2 Å². The van der Waals surface area contributed by atoms with Gasteiger partial charge in [-0.15, -0.1) is 0 Å². The summed E-state index contributed by atoms with van der Waals surface area (Å²) in [5.74, 6) is -0.0319. The molecule has 0 bridgehead atoms. The number of unbranched alkanes of at least 4 members (excludes halogenated alkanes) is 1. The number of amides is 1. The third-order valence-electron chi connectivity index (χ3n) is 3.58. The number of benzene rings is 2. The molecule has 0 atom stereocenters. The summed E-state index contributed by atoms with van der Waals surface area (Å²) in [6.07, 6.45) is 1.82. The van der Waals surface area contributed by atoms with E-state index in [4.69, 9.17) is 9.47 Å². The molecular weight excluding hydrogens is 398 g/mol. The third-order valence-corrected chi connectivity index (χ3v) is 4.20. The number of ether oxygens (including phenoxy) is 2. The Kier molecular flexibility index (Phi) is 7.66. The van der Waals surface area contributed by atoms with E-state index in [-0.39, 0.29) is 18.5 Å². The number of aryl methyl sites for hydroxylation is 1. The summed E-state index contributed by atoms with van der Waals surface area (Å²) in [6.45, 7) is 4.32. The van der Waals surface area contributed by atoms with Gasteiger partial charge in [0, 0.05) is 5.69 Å². The average molecular weight is 420 g/mol. The van der Waals surface area contributed by atoms with Crippen molar-refractivity contribution in [3.05, 3.63) is 58.1 Å². The molecule has 138 valence electrons. The van der Waals surface area contributed by atoms with Gasteiger partial charge in [0.05, 0.1) is 16.6 Å². The number of hydrogen-bond acceptors (Lipinski definition) is 4. The summed E-state index contributed by atoms with van der Waals surface area (Å²) < 4.78 is 11.5. The Balaban J connectivity index is 1.84. The van der Waals surface area contributed by atoms with Crippen LogP contribution < -0.4 is 10.1 Å². The summed E-state index contributed by atoms with van der Waals surface area (Å²) in [6, 6.07) is 12.2. The lowest BCUT2D eigenvalue weighted by Crippen LogP contribution is -2.20. The fourth-order valence-electron chi connectivity index (χ4n) is 2.15. The van der Waals surface area contributed by atoms with Gasteiger partial charge in [-0.1, -0.05) is 19.4 Å². The fraction of sp³-hybridized carbons (Fsp3) is 0.300. The van der Waals surface area contributed by atoms with E-state index in [9.17, 15) is 9.59 Å². The number of anilines is 1. The maximum absolute atomic E-state index is 12.0. The highest BCUT2D eigenvalue weighted by Gasteiger charge is 2.09. The number of hydrogen-bond donors (Lipinski definition) is 1. The predicted molar refractivity (Wildman–Crippen MR) is 105 cm³/mol. The van der Waals surface area contributed by atoms with Gasteiger partial charge < -0.3 is 14.8 Å². The lowest BCUT2D eigenvalue weighted by Gasteiger charge is -2.10. The van der Waals surface area contributed by atoms with Crippen molar-refractivity contribution >= 4 is 33.5 Å². The summed E-state index contributed by atoms with van der Waals surface area (Å²) in [5.41, 5.74) is 2.15. The second-order valence-corrected chi connectivity index (χ2v) is 6.69. The molecule has 0 aliphatic heterocycles. The van der Waals surface area contributed by atoms with Crippen molar-refractivity contribution in [3.63, 3.8) is 0 Å². The zero-order valence-corrected chi connectivity index (χ0v) is 16.5. The standard InChI is InChI=1S/C20H22BrNO4/c1-3-4-11-25-20(24)15-6-8-16(9-7-15)22-19(23)13-26-18-10-5-14(2)12-17(18)21/h5-10,12H,3-4,11,13H2,1-2H3,(H,22,23). The number of rotatable bonds is 8. The normalized spacial score (nSPS) is 10.3. The van der Waals surface area contributed by atoms with E-state index >= 15 is 0 Å². The highest BCUT2D eigenvalue weighted by molar-refractivity contribution is 9.10. The van der Waals surface area contributed by atoms with Gasteiger partial charge in [-0.3, -0.25) is 4.79 Å². The molecule has 0 unspecified atom stereocenters. The van der Waals surface area contributed by atoms with Crippen molar-refractivity contribution in [1.29, 1.82) is 0 Å². The third kappa shape index (κ3) is 6.19. The Hall–Kier alpha value is -2.34. The predicted octanol–water partition coefficient (Wildman–Crippen LogP) is 4.73. The Morgan fingerprint density at radius 1 is 1.12 bits per heavy atom. The highest BCUT2D eigenvalue weighted by atomic mass is 79.9. The number of nitrogens with one attached hydrogen (secondary N) is 1. The molecule has 0 saturated heterocycles. The molecule has 0 aliphatic rings. The summed E-state index contributed by atoms with van der Waals surface area (Å²) >= 11 is 3.41. The second-order valence-electron chi connectivity index (χ2n) is 5.84. The zero-order valence-electron chi connectivity index (χ0n) is 14.9. The summed E-state index contributed by atoms with van der Waals surface area (Å²) in [7, 11) is 0. The van der Waals surface area contributed by atoms with Crippen LogP contribution in [-0.4, -0.2) is 25.1 Å². The molecule has 2 aromatic carbocycles. The van der Waals surface area contributed by atoms with E-state index < -0.39 is 0 Å². The van der Waals surface area contributed by atoms with Gasteiger partial charge >= 0.3 is 5.97 Å². The summed E-state index contributed by atoms with van der Waals surface area (Å²) in [5, 5.41) is 2.73. The molecule has 26 heavy (non-hydrogen) atoms. The SMILES string of the molecule is CCCCOC(=O)c1ccc(NC(=O)COc2ccc(C)cc2Br)cc1. The largest absolute Gasteiger partial charge is 0.483 e. The van der Waals surface area contributed by atoms with Gasteiger partial charge in [-0.25, -0.2) is 4.79 Å². The maximum Gasteiger partial charge on any atom is 0.338 e. The smallest absolute Gasteiger partial charge is 0.338 e. The first-order chi connectivity index (χ1) is 12.5. The minimum Gasteiger partial charge on any atom is -0.483 e. The molecule has 0 fully saturated rings. The van der Waals surface area contributed by atoms with Crippen LogP contribution in [0.3, 0.4) is 0 Å². The minimum atomic E-state index is -0.358. The quantitative estimate of drug-likeness (QED) is 0.495. The van der Waals surface area contributed by atoms with Crippen molar-refractivity contribution in [2.75, 3.05) is 18.5 Å². The van der Waals surface area contributed by atoms with Crippen LogP contribution in [0.1, 0.15) is 35.7 Å². The van der Waals surface area contributed by atoms with Crippen molar-refractivity contribution in [2.45, 2.75) is 26.7 Å². The Labute approximate surface area is 161 Å². The van der Waals surface area contributed by atoms with E-state index in [0.717, 1.165) is 22.9 Å². The summed E-state index contributed by atoms with van der Waals surface area (Å²) in [4.78, 5) is 23.8. The second kappa shape index (κ2) is 9.97. The van der Waals surface area contributed by atoms with Gasteiger partial charge in [0.25, 0.3) is 5.91 Å². The molecule has 1 amide bonds. The number of carbonyl (C=O) groups is 2. The number of carbonyl (C=O) groups excluding carboxylic acids is 2. The molecule has 2 aromatic rings. The van der Waals surface area contributed by atoms with Crippen LogP contribution in [-0.2, 0) is 9.53 Å². The molecule has 0 saturated carbocycles. The van der Waals surface area contributed by atoms with Gasteiger partial charge in [-0.2, -0.15) is 0 Å². The minimum absolute atomic E-state index is 0.109. The Morgan fingerprint density at radius 3 is 2.50 bits per heavy atom. The molecule has 0 radical (unpaired) electrons. The van der Waals surface area contributed by atoms with E-state index in [1.54, 1.807) is 24.3 Å². The first-order valence-corrected chi connectivity index (χ1v) is 9.25.